The minimum atomic E-state index is -0.0696. The number of likely N-dealkylation sites (tertiary alicyclic amines) is 1. The highest BCUT2D eigenvalue weighted by molar-refractivity contribution is 9.10. The van der Waals surface area contributed by atoms with Gasteiger partial charge >= 0.3 is 6.03 Å². The van der Waals surface area contributed by atoms with Crippen LogP contribution in [0.25, 0.3) is 0 Å². The first-order valence-electron chi connectivity index (χ1n) is 7.00. The molecule has 5 nitrogen and oxygen atoms in total. The largest absolute Gasteiger partial charge is 0.349 e. The first-order valence-corrected chi connectivity index (χ1v) is 7.80. The van der Waals surface area contributed by atoms with Gasteiger partial charge in [0.05, 0.1) is 5.56 Å². The highest BCUT2D eigenvalue weighted by Crippen LogP contribution is 2.17. The van der Waals surface area contributed by atoms with Crippen LogP contribution in [0.5, 0.6) is 0 Å². The van der Waals surface area contributed by atoms with Crippen molar-refractivity contribution in [1.82, 2.24) is 15.1 Å². The van der Waals surface area contributed by atoms with E-state index in [1.165, 1.54) is 0 Å². The van der Waals surface area contributed by atoms with E-state index in [1.54, 1.807) is 25.1 Å². The summed E-state index contributed by atoms with van der Waals surface area (Å²) in [6.07, 6.45) is 1.57. The number of nitrogens with zero attached hydrogens (tertiary/aromatic N) is 2. The van der Waals surface area contributed by atoms with Gasteiger partial charge in [-0.3, -0.25) is 4.79 Å². The molecule has 114 valence electrons. The van der Waals surface area contributed by atoms with Crippen molar-refractivity contribution >= 4 is 27.9 Å². The highest BCUT2D eigenvalue weighted by Gasteiger charge is 2.25. The van der Waals surface area contributed by atoms with Gasteiger partial charge in [-0.2, -0.15) is 0 Å². The molecule has 0 radical (unpaired) electrons. The Labute approximate surface area is 133 Å². The van der Waals surface area contributed by atoms with Crippen LogP contribution in [-0.2, 0) is 0 Å². The molecule has 1 fully saturated rings. The normalized spacial score (nSPS) is 15.7. The molecule has 21 heavy (non-hydrogen) atoms. The Bertz CT molecular complexity index is 525. The topological polar surface area (TPSA) is 52.7 Å². The lowest BCUT2D eigenvalue weighted by Crippen LogP contribution is -2.49. The molecule has 0 atom stereocenters. The minimum Gasteiger partial charge on any atom is -0.349 e. The number of carbonyl (C=O) groups is 2. The van der Waals surface area contributed by atoms with Gasteiger partial charge in [-0.05, 0) is 40.9 Å². The summed E-state index contributed by atoms with van der Waals surface area (Å²) in [6.45, 7) is 1.36. The molecule has 1 N–H and O–H groups in total. The molecule has 0 spiro atoms. The van der Waals surface area contributed by atoms with Crippen molar-refractivity contribution in [3.8, 4) is 0 Å². The van der Waals surface area contributed by atoms with Crippen molar-refractivity contribution in [3.63, 3.8) is 0 Å². The molecule has 0 aromatic heterocycles. The third-order valence-corrected chi connectivity index (χ3v) is 4.29. The summed E-state index contributed by atoms with van der Waals surface area (Å²) in [4.78, 5) is 27.5. The standard InChI is InChI=1S/C15H20BrN3O2/c1-18(2)15(21)19-9-7-11(8-10-19)17-14(20)12-5-3-4-6-13(12)16/h3-6,11H,7-10H2,1-2H3,(H,17,20). The molecule has 2 rings (SSSR count). The quantitative estimate of drug-likeness (QED) is 0.886. The van der Waals surface area contributed by atoms with Crippen molar-refractivity contribution in [1.29, 1.82) is 0 Å². The van der Waals surface area contributed by atoms with Crippen molar-refractivity contribution in [2.45, 2.75) is 18.9 Å². The molecule has 0 bridgehead atoms. The van der Waals surface area contributed by atoms with Gasteiger partial charge in [0.1, 0.15) is 0 Å². The lowest BCUT2D eigenvalue weighted by molar-refractivity contribution is 0.0913. The Morgan fingerprint density at radius 1 is 1.24 bits per heavy atom. The number of urea groups is 1. The summed E-state index contributed by atoms with van der Waals surface area (Å²) >= 11 is 3.39. The SMILES string of the molecule is CN(C)C(=O)N1CCC(NC(=O)c2ccccc2Br)CC1. The zero-order valence-electron chi connectivity index (χ0n) is 12.3. The fourth-order valence-electron chi connectivity index (χ4n) is 2.41. The summed E-state index contributed by atoms with van der Waals surface area (Å²) in [5, 5.41) is 3.04. The Balaban J connectivity index is 1.88. The summed E-state index contributed by atoms with van der Waals surface area (Å²) in [5.41, 5.74) is 0.643. The molecule has 0 unspecified atom stereocenters. The summed E-state index contributed by atoms with van der Waals surface area (Å²) in [5.74, 6) is -0.0696. The number of amides is 3. The van der Waals surface area contributed by atoms with E-state index in [1.807, 2.05) is 23.1 Å². The van der Waals surface area contributed by atoms with Crippen LogP contribution >= 0.6 is 15.9 Å². The second kappa shape index (κ2) is 6.93. The van der Waals surface area contributed by atoms with Gasteiger partial charge in [0.15, 0.2) is 0 Å². The van der Waals surface area contributed by atoms with E-state index in [0.717, 1.165) is 17.3 Å². The first kappa shape index (κ1) is 15.8. The van der Waals surface area contributed by atoms with Crippen molar-refractivity contribution in [2.24, 2.45) is 0 Å². The van der Waals surface area contributed by atoms with Crippen LogP contribution in [0.3, 0.4) is 0 Å². The molecule has 1 aliphatic rings. The smallest absolute Gasteiger partial charge is 0.319 e. The van der Waals surface area contributed by atoms with Crippen LogP contribution < -0.4 is 5.32 Å². The molecule has 1 aliphatic heterocycles. The number of hydrogen-bond acceptors (Lipinski definition) is 2. The van der Waals surface area contributed by atoms with Gasteiger partial charge in [0.25, 0.3) is 5.91 Å². The van der Waals surface area contributed by atoms with E-state index >= 15 is 0 Å². The predicted molar refractivity (Wildman–Crippen MR) is 85.3 cm³/mol. The molecule has 0 saturated carbocycles. The van der Waals surface area contributed by atoms with E-state index in [4.69, 9.17) is 0 Å². The third kappa shape index (κ3) is 3.97. The third-order valence-electron chi connectivity index (χ3n) is 3.60. The number of nitrogens with one attached hydrogen (secondary N) is 1. The van der Waals surface area contributed by atoms with E-state index < -0.39 is 0 Å². The first-order chi connectivity index (χ1) is 9.99. The van der Waals surface area contributed by atoms with Crippen LogP contribution in [0.1, 0.15) is 23.2 Å². The molecule has 1 heterocycles. The zero-order chi connectivity index (χ0) is 15.4. The average Bonchev–Trinajstić information content (AvgIpc) is 2.47. The molecule has 6 heteroatoms. The van der Waals surface area contributed by atoms with E-state index in [2.05, 4.69) is 21.2 Å². The highest BCUT2D eigenvalue weighted by atomic mass is 79.9. The Kier molecular flexibility index (Phi) is 5.22. The van der Waals surface area contributed by atoms with Crippen LogP contribution in [0.4, 0.5) is 4.79 Å². The van der Waals surface area contributed by atoms with E-state index in [9.17, 15) is 9.59 Å². The molecule has 3 amide bonds. The van der Waals surface area contributed by atoms with Crippen LogP contribution in [0.15, 0.2) is 28.7 Å². The van der Waals surface area contributed by atoms with Crippen molar-refractivity contribution in [2.75, 3.05) is 27.2 Å². The van der Waals surface area contributed by atoms with Crippen LogP contribution in [-0.4, -0.2) is 55.0 Å². The summed E-state index contributed by atoms with van der Waals surface area (Å²) < 4.78 is 0.794. The number of benzene rings is 1. The predicted octanol–water partition coefficient (Wildman–Crippen LogP) is 2.32. The van der Waals surface area contributed by atoms with Gasteiger partial charge in [-0.1, -0.05) is 12.1 Å². The Morgan fingerprint density at radius 2 is 1.86 bits per heavy atom. The van der Waals surface area contributed by atoms with Crippen molar-refractivity contribution in [3.05, 3.63) is 34.3 Å². The lowest BCUT2D eigenvalue weighted by atomic mass is 10.0. The number of carbonyl (C=O) groups excluding carboxylic acids is 2. The zero-order valence-corrected chi connectivity index (χ0v) is 13.9. The summed E-state index contributed by atoms with van der Waals surface area (Å²) in [7, 11) is 3.51. The van der Waals surface area contributed by atoms with Gasteiger partial charge < -0.3 is 15.1 Å². The molecule has 1 saturated heterocycles. The number of hydrogen-bond donors (Lipinski definition) is 1. The molecule has 0 aliphatic carbocycles. The second-order valence-electron chi connectivity index (χ2n) is 5.39. The van der Waals surface area contributed by atoms with Gasteiger partial charge in [-0.15, -0.1) is 0 Å². The fourth-order valence-corrected chi connectivity index (χ4v) is 2.87. The maximum Gasteiger partial charge on any atom is 0.319 e. The van der Waals surface area contributed by atoms with E-state index in [0.29, 0.717) is 18.7 Å². The lowest BCUT2D eigenvalue weighted by Gasteiger charge is -2.34. The number of piperidine rings is 1. The monoisotopic (exact) mass is 353 g/mol. The van der Waals surface area contributed by atoms with Crippen LogP contribution in [0.2, 0.25) is 0 Å². The number of rotatable bonds is 2. The molecular formula is C15H20BrN3O2. The van der Waals surface area contributed by atoms with Crippen LogP contribution in [0, 0.1) is 0 Å². The maximum absolute atomic E-state index is 12.2. The van der Waals surface area contributed by atoms with Crippen molar-refractivity contribution < 1.29 is 9.59 Å². The molecule has 1 aromatic carbocycles. The maximum atomic E-state index is 12.2. The van der Waals surface area contributed by atoms with Gasteiger partial charge in [-0.25, -0.2) is 4.79 Å². The Hall–Kier alpha value is -1.56. The minimum absolute atomic E-state index is 0.0329. The average molecular weight is 354 g/mol. The fraction of sp³-hybridized carbons (Fsp3) is 0.467. The Morgan fingerprint density at radius 3 is 2.43 bits per heavy atom. The van der Waals surface area contributed by atoms with E-state index in [-0.39, 0.29) is 18.0 Å². The van der Waals surface area contributed by atoms with Gasteiger partial charge in [0.2, 0.25) is 0 Å². The number of halogens is 1. The molecule has 1 aromatic rings. The molecular weight excluding hydrogens is 334 g/mol. The van der Waals surface area contributed by atoms with Gasteiger partial charge in [0, 0.05) is 37.7 Å². The summed E-state index contributed by atoms with van der Waals surface area (Å²) in [6, 6.07) is 7.53. The second-order valence-corrected chi connectivity index (χ2v) is 6.25.